The average Bonchev–Trinajstić information content (AvgIpc) is 2.46. The first kappa shape index (κ1) is 16.2. The summed E-state index contributed by atoms with van der Waals surface area (Å²) >= 11 is 0. The molecule has 0 aromatic carbocycles. The number of anilines is 2. The number of aliphatic hydroxyl groups is 1. The van der Waals surface area contributed by atoms with Crippen molar-refractivity contribution >= 4 is 17.3 Å². The summed E-state index contributed by atoms with van der Waals surface area (Å²) in [6, 6.07) is 3.05. The molecule has 0 aliphatic carbocycles. The maximum Gasteiger partial charge on any atom is 0.276 e. The van der Waals surface area contributed by atoms with Gasteiger partial charge in [0.2, 0.25) is 0 Å². The molecule has 112 valence electrons. The quantitative estimate of drug-likeness (QED) is 0.560. The Morgan fingerprint density at radius 3 is 2.55 bits per heavy atom. The molecular weight excluding hydrogens is 260 g/mol. The lowest BCUT2D eigenvalue weighted by atomic mass is 10.1. The maximum atomic E-state index is 11.0. The second kappa shape index (κ2) is 7.64. The zero-order chi connectivity index (χ0) is 15.1. The molecular formula is C13H22N4O3. The summed E-state index contributed by atoms with van der Waals surface area (Å²) in [7, 11) is 1.67. The summed E-state index contributed by atoms with van der Waals surface area (Å²) in [5.41, 5.74) is -0.00625. The van der Waals surface area contributed by atoms with Crippen LogP contribution in [0.25, 0.3) is 0 Å². The van der Waals surface area contributed by atoms with Crippen LogP contribution in [0.1, 0.15) is 26.7 Å². The third-order valence-electron chi connectivity index (χ3n) is 3.28. The van der Waals surface area contributed by atoms with Gasteiger partial charge in [0.25, 0.3) is 5.69 Å². The third-order valence-corrected chi connectivity index (χ3v) is 3.28. The summed E-state index contributed by atoms with van der Waals surface area (Å²) in [5, 5.41) is 23.0. The maximum absolute atomic E-state index is 11.0. The molecule has 0 saturated carbocycles. The smallest absolute Gasteiger partial charge is 0.276 e. The van der Waals surface area contributed by atoms with E-state index in [0.29, 0.717) is 18.2 Å². The molecule has 1 aromatic rings. The molecule has 0 saturated heterocycles. The van der Waals surface area contributed by atoms with Gasteiger partial charge in [0.15, 0.2) is 0 Å². The second-order valence-corrected chi connectivity index (χ2v) is 4.46. The van der Waals surface area contributed by atoms with E-state index in [-0.39, 0.29) is 18.3 Å². The highest BCUT2D eigenvalue weighted by atomic mass is 16.6. The van der Waals surface area contributed by atoms with E-state index in [2.05, 4.69) is 24.1 Å². The van der Waals surface area contributed by atoms with E-state index in [9.17, 15) is 15.2 Å². The molecule has 1 rings (SSSR count). The molecule has 1 heterocycles. The Balaban J connectivity index is 3.23. The van der Waals surface area contributed by atoms with Crippen LogP contribution in [0.3, 0.4) is 0 Å². The summed E-state index contributed by atoms with van der Waals surface area (Å²) in [4.78, 5) is 16.9. The SMILES string of the molecule is CCC(CC)N(CCO)c1cc([N+](=O)[O-])cc(NC)n1. The van der Waals surface area contributed by atoms with E-state index < -0.39 is 4.92 Å². The first-order valence-corrected chi connectivity index (χ1v) is 6.79. The van der Waals surface area contributed by atoms with Crippen molar-refractivity contribution in [1.82, 2.24) is 4.98 Å². The highest BCUT2D eigenvalue weighted by molar-refractivity contribution is 5.56. The van der Waals surface area contributed by atoms with Crippen LogP contribution in [0.4, 0.5) is 17.3 Å². The van der Waals surface area contributed by atoms with E-state index in [4.69, 9.17) is 0 Å². The van der Waals surface area contributed by atoms with Crippen LogP contribution < -0.4 is 10.2 Å². The van der Waals surface area contributed by atoms with Gasteiger partial charge in [0.1, 0.15) is 11.6 Å². The van der Waals surface area contributed by atoms with Gasteiger partial charge in [-0.25, -0.2) is 4.98 Å². The van der Waals surface area contributed by atoms with Gasteiger partial charge < -0.3 is 15.3 Å². The fourth-order valence-electron chi connectivity index (χ4n) is 2.20. The predicted molar refractivity (Wildman–Crippen MR) is 79.2 cm³/mol. The Morgan fingerprint density at radius 1 is 1.45 bits per heavy atom. The Morgan fingerprint density at radius 2 is 2.10 bits per heavy atom. The number of aliphatic hydroxyl groups excluding tert-OH is 1. The van der Waals surface area contributed by atoms with Crippen LogP contribution in [-0.4, -0.2) is 41.3 Å². The zero-order valence-electron chi connectivity index (χ0n) is 12.2. The van der Waals surface area contributed by atoms with Gasteiger partial charge in [0, 0.05) is 19.6 Å². The standard InChI is InChI=1S/C13H22N4O3/c1-4-10(5-2)16(6-7-18)13-9-11(17(19)20)8-12(14-3)15-13/h8-10,18H,4-7H2,1-3H3,(H,14,15). The summed E-state index contributed by atoms with van der Waals surface area (Å²) < 4.78 is 0. The van der Waals surface area contributed by atoms with E-state index in [1.54, 1.807) is 7.05 Å². The summed E-state index contributed by atoms with van der Waals surface area (Å²) in [6.45, 7) is 4.49. The molecule has 7 heteroatoms. The number of hydrogen-bond donors (Lipinski definition) is 2. The second-order valence-electron chi connectivity index (χ2n) is 4.46. The first-order valence-electron chi connectivity index (χ1n) is 6.79. The molecule has 7 nitrogen and oxygen atoms in total. The van der Waals surface area contributed by atoms with Crippen LogP contribution in [0.2, 0.25) is 0 Å². The van der Waals surface area contributed by atoms with Crippen LogP contribution in [0, 0.1) is 10.1 Å². The van der Waals surface area contributed by atoms with Gasteiger partial charge in [-0.1, -0.05) is 13.8 Å². The van der Waals surface area contributed by atoms with Crippen molar-refractivity contribution in [3.8, 4) is 0 Å². The molecule has 20 heavy (non-hydrogen) atoms. The molecule has 2 N–H and O–H groups in total. The van der Waals surface area contributed by atoms with Crippen molar-refractivity contribution in [2.75, 3.05) is 30.4 Å². The van der Waals surface area contributed by atoms with Crippen LogP contribution >= 0.6 is 0 Å². The van der Waals surface area contributed by atoms with Crippen LogP contribution in [-0.2, 0) is 0 Å². The van der Waals surface area contributed by atoms with Crippen LogP contribution in [0.5, 0.6) is 0 Å². The van der Waals surface area contributed by atoms with Crippen molar-refractivity contribution in [1.29, 1.82) is 0 Å². The number of pyridine rings is 1. The average molecular weight is 282 g/mol. The minimum Gasteiger partial charge on any atom is -0.395 e. The van der Waals surface area contributed by atoms with Gasteiger partial charge in [-0.05, 0) is 12.8 Å². The fourth-order valence-corrected chi connectivity index (χ4v) is 2.20. The highest BCUT2D eigenvalue weighted by Crippen LogP contribution is 2.25. The number of hydrogen-bond acceptors (Lipinski definition) is 6. The fraction of sp³-hybridized carbons (Fsp3) is 0.615. The van der Waals surface area contributed by atoms with Crippen molar-refractivity contribution in [2.24, 2.45) is 0 Å². The van der Waals surface area contributed by atoms with E-state index in [0.717, 1.165) is 12.8 Å². The Hall–Kier alpha value is -1.89. The number of rotatable bonds is 8. The topological polar surface area (TPSA) is 91.5 Å². The molecule has 0 amide bonds. The molecule has 0 aliphatic heterocycles. The normalized spacial score (nSPS) is 10.7. The van der Waals surface area contributed by atoms with Gasteiger partial charge >= 0.3 is 0 Å². The lowest BCUT2D eigenvalue weighted by Crippen LogP contribution is -2.37. The van der Waals surface area contributed by atoms with E-state index >= 15 is 0 Å². The number of nitro groups is 1. The monoisotopic (exact) mass is 282 g/mol. The largest absolute Gasteiger partial charge is 0.395 e. The molecule has 0 radical (unpaired) electrons. The Labute approximate surface area is 118 Å². The van der Waals surface area contributed by atoms with Gasteiger partial charge in [-0.2, -0.15) is 0 Å². The van der Waals surface area contributed by atoms with Gasteiger partial charge in [-0.15, -0.1) is 0 Å². The van der Waals surface area contributed by atoms with Crippen molar-refractivity contribution in [2.45, 2.75) is 32.7 Å². The highest BCUT2D eigenvalue weighted by Gasteiger charge is 2.20. The number of aromatic nitrogens is 1. The predicted octanol–water partition coefficient (Wildman–Crippen LogP) is 2.02. The lowest BCUT2D eigenvalue weighted by molar-refractivity contribution is -0.384. The summed E-state index contributed by atoms with van der Waals surface area (Å²) in [6.07, 6.45) is 1.77. The first-order chi connectivity index (χ1) is 9.57. The molecule has 0 spiro atoms. The van der Waals surface area contributed by atoms with Crippen molar-refractivity contribution in [3.63, 3.8) is 0 Å². The molecule has 0 atom stereocenters. The zero-order valence-corrected chi connectivity index (χ0v) is 12.2. The molecule has 1 aromatic heterocycles. The Kier molecular flexibility index (Phi) is 6.17. The Bertz CT molecular complexity index is 449. The summed E-state index contributed by atoms with van der Waals surface area (Å²) in [5.74, 6) is 0.967. The van der Waals surface area contributed by atoms with Crippen molar-refractivity contribution in [3.05, 3.63) is 22.2 Å². The van der Waals surface area contributed by atoms with E-state index in [1.807, 2.05) is 4.90 Å². The van der Waals surface area contributed by atoms with Gasteiger partial charge in [-0.3, -0.25) is 10.1 Å². The molecule has 0 aliphatic rings. The van der Waals surface area contributed by atoms with Crippen molar-refractivity contribution < 1.29 is 10.0 Å². The minimum atomic E-state index is -0.434. The van der Waals surface area contributed by atoms with Crippen LogP contribution in [0.15, 0.2) is 12.1 Å². The minimum absolute atomic E-state index is 0.00625. The molecule has 0 fully saturated rings. The molecule has 0 bridgehead atoms. The van der Waals surface area contributed by atoms with Gasteiger partial charge in [0.05, 0.1) is 23.7 Å². The lowest BCUT2D eigenvalue weighted by Gasteiger charge is -2.31. The molecule has 0 unspecified atom stereocenters. The third kappa shape index (κ3) is 3.80. The number of nitrogens with one attached hydrogen (secondary N) is 1. The van der Waals surface area contributed by atoms with E-state index in [1.165, 1.54) is 12.1 Å². The number of nitrogens with zero attached hydrogens (tertiary/aromatic N) is 3.